The van der Waals surface area contributed by atoms with Crippen LogP contribution >= 0.6 is 27.7 Å². The number of carbonyl (C=O) groups is 1. The Labute approximate surface area is 181 Å². The van der Waals surface area contributed by atoms with E-state index in [1.54, 1.807) is 17.0 Å². The zero-order valence-corrected chi connectivity index (χ0v) is 18.7. The average Bonchev–Trinajstić information content (AvgIpc) is 3.08. The number of anilines is 1. The van der Waals surface area contributed by atoms with Gasteiger partial charge in [-0.2, -0.15) is 4.99 Å². The molecule has 2 aliphatic heterocycles. The van der Waals surface area contributed by atoms with Crippen LogP contribution in [0.5, 0.6) is 0 Å². The van der Waals surface area contributed by atoms with Crippen LogP contribution in [-0.2, 0) is 21.1 Å². The Morgan fingerprint density at radius 1 is 1.24 bits per heavy atom. The van der Waals surface area contributed by atoms with Gasteiger partial charge in [-0.15, -0.1) is 0 Å². The Kier molecular flexibility index (Phi) is 5.56. The first-order valence-corrected chi connectivity index (χ1v) is 12.5. The molecule has 2 saturated heterocycles. The summed E-state index contributed by atoms with van der Waals surface area (Å²) in [6, 6.07) is 11.8. The maximum absolute atomic E-state index is 14.7. The van der Waals surface area contributed by atoms with E-state index in [0.717, 1.165) is 11.1 Å². The molecule has 2 atom stereocenters. The van der Waals surface area contributed by atoms with Gasteiger partial charge in [0.2, 0.25) is 0 Å². The SMILES string of the molecule is Cc1ccc(CC(=O)N=C2S[C@@H]3CS(=O)(=O)C[C@@H]3N2c2ccc(Br)cc2F)cc1. The first-order valence-electron chi connectivity index (χ1n) is 9.00. The number of aryl methyl sites for hydroxylation is 1. The lowest BCUT2D eigenvalue weighted by molar-refractivity contribution is -0.117. The number of carbonyl (C=O) groups excluding carboxylic acids is 1. The van der Waals surface area contributed by atoms with Crippen LogP contribution in [0, 0.1) is 12.7 Å². The van der Waals surface area contributed by atoms with Gasteiger partial charge in [0.1, 0.15) is 5.82 Å². The number of aliphatic imine (C=N–C) groups is 1. The van der Waals surface area contributed by atoms with Crippen LogP contribution in [0.15, 0.2) is 51.9 Å². The first kappa shape index (κ1) is 20.6. The fraction of sp³-hybridized carbons (Fsp3) is 0.300. The molecule has 0 aromatic heterocycles. The van der Waals surface area contributed by atoms with E-state index >= 15 is 0 Å². The van der Waals surface area contributed by atoms with E-state index in [9.17, 15) is 17.6 Å². The Balaban J connectivity index is 1.66. The third-order valence-corrected chi connectivity index (χ3v) is 8.64. The third kappa shape index (κ3) is 4.41. The highest BCUT2D eigenvalue weighted by Gasteiger charge is 2.50. The lowest BCUT2D eigenvalue weighted by Crippen LogP contribution is -2.38. The molecule has 1 amide bonds. The van der Waals surface area contributed by atoms with Gasteiger partial charge in [0, 0.05) is 9.72 Å². The van der Waals surface area contributed by atoms with Crippen LogP contribution in [0.4, 0.5) is 10.1 Å². The second-order valence-corrected chi connectivity index (χ2v) is 11.5. The van der Waals surface area contributed by atoms with Crippen molar-refractivity contribution in [3.05, 3.63) is 63.9 Å². The molecule has 5 nitrogen and oxygen atoms in total. The van der Waals surface area contributed by atoms with Crippen LogP contribution < -0.4 is 4.90 Å². The van der Waals surface area contributed by atoms with Crippen molar-refractivity contribution < 1.29 is 17.6 Å². The van der Waals surface area contributed by atoms with Crippen LogP contribution in [-0.4, -0.2) is 42.3 Å². The smallest absolute Gasteiger partial charge is 0.252 e. The van der Waals surface area contributed by atoms with E-state index in [1.807, 2.05) is 31.2 Å². The molecule has 0 bridgehead atoms. The molecule has 0 unspecified atom stereocenters. The number of amidine groups is 1. The monoisotopic (exact) mass is 496 g/mol. The number of nitrogens with zero attached hydrogens (tertiary/aromatic N) is 2. The molecular formula is C20H18BrFN2O3S2. The van der Waals surface area contributed by atoms with Crippen molar-refractivity contribution in [3.8, 4) is 0 Å². The van der Waals surface area contributed by atoms with Gasteiger partial charge in [0.25, 0.3) is 5.91 Å². The van der Waals surface area contributed by atoms with Gasteiger partial charge in [-0.3, -0.25) is 4.79 Å². The lowest BCUT2D eigenvalue weighted by Gasteiger charge is -2.25. The van der Waals surface area contributed by atoms with E-state index in [2.05, 4.69) is 20.9 Å². The highest BCUT2D eigenvalue weighted by Crippen LogP contribution is 2.42. The van der Waals surface area contributed by atoms with Crippen molar-refractivity contribution in [2.75, 3.05) is 16.4 Å². The predicted octanol–water partition coefficient (Wildman–Crippen LogP) is 3.74. The van der Waals surface area contributed by atoms with Gasteiger partial charge in [-0.1, -0.05) is 57.5 Å². The van der Waals surface area contributed by atoms with E-state index in [0.29, 0.717) is 9.64 Å². The van der Waals surface area contributed by atoms with Crippen LogP contribution in [0.3, 0.4) is 0 Å². The highest BCUT2D eigenvalue weighted by molar-refractivity contribution is 9.10. The Hall–Kier alpha value is -1.71. The Morgan fingerprint density at radius 2 is 1.97 bits per heavy atom. The molecule has 0 saturated carbocycles. The summed E-state index contributed by atoms with van der Waals surface area (Å²) in [6.07, 6.45) is 0.134. The van der Waals surface area contributed by atoms with Gasteiger partial charge in [-0.05, 0) is 30.7 Å². The summed E-state index contributed by atoms with van der Waals surface area (Å²) in [4.78, 5) is 18.4. The molecule has 0 spiro atoms. The summed E-state index contributed by atoms with van der Waals surface area (Å²) >= 11 is 4.47. The topological polar surface area (TPSA) is 66.8 Å². The van der Waals surface area contributed by atoms with Crippen LogP contribution in [0.25, 0.3) is 0 Å². The largest absolute Gasteiger partial charge is 0.313 e. The van der Waals surface area contributed by atoms with Crippen molar-refractivity contribution in [3.63, 3.8) is 0 Å². The summed E-state index contributed by atoms with van der Waals surface area (Å²) in [5.41, 5.74) is 2.18. The van der Waals surface area contributed by atoms with Gasteiger partial charge in [0.15, 0.2) is 15.0 Å². The quantitative estimate of drug-likeness (QED) is 0.647. The summed E-state index contributed by atoms with van der Waals surface area (Å²) in [5, 5.41) is 0.0854. The normalized spacial score (nSPS) is 24.1. The van der Waals surface area contributed by atoms with Crippen LogP contribution in [0.2, 0.25) is 0 Å². The zero-order chi connectivity index (χ0) is 20.8. The molecule has 29 heavy (non-hydrogen) atoms. The van der Waals surface area contributed by atoms with Crippen molar-refractivity contribution in [1.29, 1.82) is 0 Å². The fourth-order valence-corrected chi connectivity index (χ4v) is 7.81. The highest BCUT2D eigenvalue weighted by atomic mass is 79.9. The summed E-state index contributed by atoms with van der Waals surface area (Å²) in [6.45, 7) is 1.97. The van der Waals surface area contributed by atoms with Gasteiger partial charge < -0.3 is 4.90 Å². The number of amides is 1. The minimum Gasteiger partial charge on any atom is -0.313 e. The van der Waals surface area contributed by atoms with E-state index in [4.69, 9.17) is 0 Å². The van der Waals surface area contributed by atoms with Crippen LogP contribution in [0.1, 0.15) is 11.1 Å². The molecule has 0 N–H and O–H groups in total. The van der Waals surface area contributed by atoms with Crippen molar-refractivity contribution in [2.45, 2.75) is 24.6 Å². The molecule has 2 aliphatic rings. The second kappa shape index (κ2) is 7.85. The number of rotatable bonds is 3. The standard InChI is InChI=1S/C20H18BrFN2O3S2/c1-12-2-4-13(5-3-12)8-19(25)23-20-24(16-7-6-14(21)9-15(16)22)17-10-29(26,27)11-18(17)28-20/h2-7,9,17-18H,8,10-11H2,1H3/t17-,18+/m0/s1. The van der Waals surface area contributed by atoms with Crippen molar-refractivity contribution >= 4 is 54.3 Å². The molecule has 152 valence electrons. The first-order chi connectivity index (χ1) is 13.7. The van der Waals surface area contributed by atoms with Crippen molar-refractivity contribution in [1.82, 2.24) is 0 Å². The molecule has 2 heterocycles. The Morgan fingerprint density at radius 3 is 2.66 bits per heavy atom. The fourth-order valence-electron chi connectivity index (χ4n) is 3.55. The summed E-state index contributed by atoms with van der Waals surface area (Å²) in [7, 11) is -3.21. The van der Waals surface area contributed by atoms with Crippen molar-refractivity contribution in [2.24, 2.45) is 4.99 Å². The second-order valence-electron chi connectivity index (χ2n) is 7.22. The van der Waals surface area contributed by atoms with Gasteiger partial charge >= 0.3 is 0 Å². The maximum atomic E-state index is 14.7. The predicted molar refractivity (Wildman–Crippen MR) is 118 cm³/mol. The average molecular weight is 497 g/mol. The number of halogens is 2. The molecule has 9 heteroatoms. The number of thioether (sulfide) groups is 1. The van der Waals surface area contributed by atoms with Gasteiger partial charge in [0.05, 0.1) is 29.7 Å². The third-order valence-electron chi connectivity index (χ3n) is 4.93. The van der Waals surface area contributed by atoms with E-state index in [-0.39, 0.29) is 34.8 Å². The van der Waals surface area contributed by atoms with E-state index < -0.39 is 21.7 Å². The lowest BCUT2D eigenvalue weighted by atomic mass is 10.1. The number of benzene rings is 2. The minimum atomic E-state index is -3.21. The number of hydrogen-bond donors (Lipinski definition) is 0. The minimum absolute atomic E-state index is 0.00214. The number of sulfone groups is 1. The molecule has 2 fully saturated rings. The summed E-state index contributed by atoms with van der Waals surface area (Å²) in [5.74, 6) is -0.918. The van der Waals surface area contributed by atoms with E-state index in [1.165, 1.54) is 17.8 Å². The molecule has 0 aliphatic carbocycles. The summed E-state index contributed by atoms with van der Waals surface area (Å²) < 4.78 is 39.5. The maximum Gasteiger partial charge on any atom is 0.252 e. The molecule has 2 aromatic carbocycles. The Bertz CT molecular complexity index is 1100. The number of fused-ring (bicyclic) bond motifs is 1. The number of hydrogen-bond acceptors (Lipinski definition) is 4. The molecular weight excluding hydrogens is 479 g/mol. The van der Waals surface area contributed by atoms with Gasteiger partial charge in [-0.25, -0.2) is 12.8 Å². The molecule has 0 radical (unpaired) electrons. The molecule has 4 rings (SSSR count). The zero-order valence-electron chi connectivity index (χ0n) is 15.5. The molecule has 2 aromatic rings.